The van der Waals surface area contributed by atoms with Crippen LogP contribution in [0.3, 0.4) is 0 Å². The van der Waals surface area contributed by atoms with Crippen LogP contribution in [0.2, 0.25) is 0 Å². The Morgan fingerprint density at radius 1 is 1.37 bits per heavy atom. The van der Waals surface area contributed by atoms with Crippen molar-refractivity contribution in [2.75, 3.05) is 26.2 Å². The van der Waals surface area contributed by atoms with Gasteiger partial charge in [-0.3, -0.25) is 0 Å². The first-order valence-corrected chi connectivity index (χ1v) is 10.2. The van der Waals surface area contributed by atoms with E-state index < -0.39 is 0 Å². The predicted molar refractivity (Wildman–Crippen MR) is 123 cm³/mol. The van der Waals surface area contributed by atoms with Crippen molar-refractivity contribution < 1.29 is 4.74 Å². The molecule has 1 N–H and O–H groups in total. The molecule has 0 radical (unpaired) electrons. The van der Waals surface area contributed by atoms with Crippen LogP contribution in [0.5, 0.6) is 0 Å². The second-order valence-corrected chi connectivity index (χ2v) is 7.61. The minimum absolute atomic E-state index is 0. The minimum atomic E-state index is 0. The minimum Gasteiger partial charge on any atom is -0.370 e. The van der Waals surface area contributed by atoms with Crippen LogP contribution >= 0.6 is 35.3 Å². The van der Waals surface area contributed by atoms with Crippen molar-refractivity contribution >= 4 is 41.3 Å². The number of benzene rings is 1. The molecule has 5 nitrogen and oxygen atoms in total. The van der Waals surface area contributed by atoms with Crippen molar-refractivity contribution in [1.82, 2.24) is 15.2 Å². The zero-order chi connectivity index (χ0) is 18.4. The molecule has 3 rings (SSSR count). The highest BCUT2D eigenvalue weighted by atomic mass is 127. The molecular formula is C20H29IN4OS. The summed E-state index contributed by atoms with van der Waals surface area (Å²) < 4.78 is 6.05. The van der Waals surface area contributed by atoms with Crippen molar-refractivity contribution in [1.29, 1.82) is 0 Å². The van der Waals surface area contributed by atoms with Crippen LogP contribution in [-0.2, 0) is 17.7 Å². The van der Waals surface area contributed by atoms with E-state index in [1.165, 1.54) is 16.0 Å². The van der Waals surface area contributed by atoms with E-state index in [1.54, 1.807) is 11.3 Å². The van der Waals surface area contributed by atoms with Gasteiger partial charge < -0.3 is 15.0 Å². The number of aliphatic imine (C=N–C) groups is 1. The van der Waals surface area contributed by atoms with Gasteiger partial charge >= 0.3 is 0 Å². The molecule has 1 aromatic heterocycles. The topological polar surface area (TPSA) is 49.8 Å². The molecule has 0 spiro atoms. The third kappa shape index (κ3) is 5.89. The smallest absolute Gasteiger partial charge is 0.194 e. The van der Waals surface area contributed by atoms with Gasteiger partial charge in [0.05, 0.1) is 19.7 Å². The van der Waals surface area contributed by atoms with Crippen LogP contribution in [0.15, 0.2) is 35.5 Å². The Labute approximate surface area is 183 Å². The summed E-state index contributed by atoms with van der Waals surface area (Å²) in [5, 5.41) is 4.50. The zero-order valence-corrected chi connectivity index (χ0v) is 19.4. The van der Waals surface area contributed by atoms with E-state index in [0.29, 0.717) is 13.2 Å². The summed E-state index contributed by atoms with van der Waals surface area (Å²) in [5.74, 6) is 0.947. The van der Waals surface area contributed by atoms with Crippen molar-refractivity contribution in [2.45, 2.75) is 39.8 Å². The number of halogens is 1. The van der Waals surface area contributed by atoms with Gasteiger partial charge in [0.25, 0.3) is 0 Å². The molecule has 1 atom stereocenters. The third-order valence-corrected chi connectivity index (χ3v) is 5.68. The highest BCUT2D eigenvalue weighted by molar-refractivity contribution is 14.0. The highest BCUT2D eigenvalue weighted by Crippen LogP contribution is 2.25. The molecule has 0 aliphatic carbocycles. The number of hydrogen-bond donors (Lipinski definition) is 1. The van der Waals surface area contributed by atoms with Crippen LogP contribution in [0, 0.1) is 6.92 Å². The van der Waals surface area contributed by atoms with Crippen LogP contribution in [0.1, 0.15) is 41.0 Å². The SMILES string of the molecule is CCNC(=NCc1ncc(CC)s1)N1CCOC(c2ccccc2C)C1.I. The van der Waals surface area contributed by atoms with E-state index >= 15 is 0 Å². The number of hydrogen-bond acceptors (Lipinski definition) is 4. The average molecular weight is 500 g/mol. The van der Waals surface area contributed by atoms with E-state index in [4.69, 9.17) is 9.73 Å². The first-order chi connectivity index (χ1) is 12.7. The number of morpholine rings is 1. The van der Waals surface area contributed by atoms with Crippen LogP contribution in [-0.4, -0.2) is 42.1 Å². The molecular weight excluding hydrogens is 471 g/mol. The number of nitrogens with one attached hydrogen (secondary N) is 1. The Morgan fingerprint density at radius 3 is 2.89 bits per heavy atom. The van der Waals surface area contributed by atoms with Crippen molar-refractivity contribution in [3.63, 3.8) is 0 Å². The Balaban J connectivity index is 0.00000261. The maximum absolute atomic E-state index is 6.05. The molecule has 1 aromatic carbocycles. The molecule has 148 valence electrons. The van der Waals surface area contributed by atoms with Crippen molar-refractivity contribution in [3.05, 3.63) is 51.5 Å². The summed E-state index contributed by atoms with van der Waals surface area (Å²) in [5.41, 5.74) is 2.54. The Bertz CT molecular complexity index is 749. The van der Waals surface area contributed by atoms with Gasteiger partial charge in [-0.15, -0.1) is 35.3 Å². The molecule has 1 fully saturated rings. The number of aromatic nitrogens is 1. The van der Waals surface area contributed by atoms with E-state index in [-0.39, 0.29) is 30.1 Å². The zero-order valence-electron chi connectivity index (χ0n) is 16.3. The molecule has 1 unspecified atom stereocenters. The van der Waals surface area contributed by atoms with Crippen LogP contribution < -0.4 is 5.32 Å². The Hall–Kier alpha value is -1.19. The molecule has 1 saturated heterocycles. The van der Waals surface area contributed by atoms with Crippen molar-refractivity contribution in [3.8, 4) is 0 Å². The summed E-state index contributed by atoms with van der Waals surface area (Å²) in [7, 11) is 0. The summed E-state index contributed by atoms with van der Waals surface area (Å²) in [6.07, 6.45) is 3.08. The van der Waals surface area contributed by atoms with E-state index in [2.05, 4.69) is 60.2 Å². The van der Waals surface area contributed by atoms with Crippen LogP contribution in [0.25, 0.3) is 0 Å². The molecule has 0 saturated carbocycles. The number of nitrogens with zero attached hydrogens (tertiary/aromatic N) is 3. The lowest BCUT2D eigenvalue weighted by atomic mass is 10.0. The number of aryl methyl sites for hydroxylation is 2. The highest BCUT2D eigenvalue weighted by Gasteiger charge is 2.25. The van der Waals surface area contributed by atoms with Gasteiger partial charge in [0.15, 0.2) is 5.96 Å². The van der Waals surface area contributed by atoms with Gasteiger partial charge in [-0.25, -0.2) is 9.98 Å². The fourth-order valence-electron chi connectivity index (χ4n) is 3.13. The summed E-state index contributed by atoms with van der Waals surface area (Å²) in [6.45, 7) is 10.3. The first kappa shape index (κ1) is 22.1. The van der Waals surface area contributed by atoms with Gasteiger partial charge in [0, 0.05) is 24.2 Å². The molecule has 7 heteroatoms. The first-order valence-electron chi connectivity index (χ1n) is 9.35. The fourth-order valence-corrected chi connectivity index (χ4v) is 3.92. The maximum atomic E-state index is 6.05. The van der Waals surface area contributed by atoms with Crippen LogP contribution in [0.4, 0.5) is 0 Å². The maximum Gasteiger partial charge on any atom is 0.194 e. The molecule has 0 bridgehead atoms. The lowest BCUT2D eigenvalue weighted by Crippen LogP contribution is -2.48. The monoisotopic (exact) mass is 500 g/mol. The second-order valence-electron chi connectivity index (χ2n) is 6.41. The number of guanidine groups is 1. The lowest BCUT2D eigenvalue weighted by molar-refractivity contribution is -0.00834. The summed E-state index contributed by atoms with van der Waals surface area (Å²) in [4.78, 5) is 12.9. The lowest BCUT2D eigenvalue weighted by Gasteiger charge is -2.35. The molecule has 2 aromatic rings. The quantitative estimate of drug-likeness (QED) is 0.381. The second kappa shape index (κ2) is 11.0. The van der Waals surface area contributed by atoms with Gasteiger partial charge in [0.1, 0.15) is 11.1 Å². The summed E-state index contributed by atoms with van der Waals surface area (Å²) in [6, 6.07) is 8.46. The standard InChI is InChI=1S/C20H28N4OS.HI/c1-4-16-12-22-19(26-16)13-23-20(21-5-2)24-10-11-25-18(14-24)17-9-7-6-8-15(17)3;/h6-9,12,18H,4-5,10-11,13-14H2,1-3H3,(H,21,23);1H. The molecule has 1 aliphatic heterocycles. The molecule has 1 aliphatic rings. The van der Waals surface area contributed by atoms with E-state index in [0.717, 1.165) is 37.0 Å². The Morgan fingerprint density at radius 2 is 2.19 bits per heavy atom. The molecule has 2 heterocycles. The largest absolute Gasteiger partial charge is 0.370 e. The summed E-state index contributed by atoms with van der Waals surface area (Å²) >= 11 is 1.75. The van der Waals surface area contributed by atoms with Gasteiger partial charge in [0.2, 0.25) is 0 Å². The van der Waals surface area contributed by atoms with Gasteiger partial charge in [-0.2, -0.15) is 0 Å². The fraction of sp³-hybridized carbons (Fsp3) is 0.500. The molecule has 0 amide bonds. The normalized spacial score (nSPS) is 17.5. The van der Waals surface area contributed by atoms with Crippen molar-refractivity contribution in [2.24, 2.45) is 4.99 Å². The van der Waals surface area contributed by atoms with Gasteiger partial charge in [-0.05, 0) is 31.4 Å². The Kier molecular flexibility index (Phi) is 8.98. The molecule has 27 heavy (non-hydrogen) atoms. The third-order valence-electron chi connectivity index (χ3n) is 4.55. The van der Waals surface area contributed by atoms with Gasteiger partial charge in [-0.1, -0.05) is 31.2 Å². The van der Waals surface area contributed by atoms with E-state index in [1.807, 2.05) is 6.20 Å². The number of thiazole rings is 1. The number of ether oxygens (including phenoxy) is 1. The number of rotatable bonds is 5. The average Bonchev–Trinajstić information content (AvgIpc) is 3.14. The predicted octanol–water partition coefficient (Wildman–Crippen LogP) is 4.17. The van der Waals surface area contributed by atoms with E-state index in [9.17, 15) is 0 Å².